The number of amides is 1. The molecule has 1 N–H and O–H groups in total. The zero-order valence-electron chi connectivity index (χ0n) is 9.32. The van der Waals surface area contributed by atoms with Crippen molar-refractivity contribution in [2.75, 3.05) is 5.32 Å². The van der Waals surface area contributed by atoms with Crippen LogP contribution in [-0.2, 0) is 0 Å². The van der Waals surface area contributed by atoms with Crippen molar-refractivity contribution in [2.45, 2.75) is 13.8 Å². The summed E-state index contributed by atoms with van der Waals surface area (Å²) in [5.41, 5.74) is 1.90. The Hall–Kier alpha value is -1.27. The van der Waals surface area contributed by atoms with Gasteiger partial charge < -0.3 is 5.32 Å². The van der Waals surface area contributed by atoms with Crippen LogP contribution in [0, 0.1) is 13.8 Å². The third-order valence-corrected chi connectivity index (χ3v) is 3.37. The second kappa shape index (κ2) is 4.93. The van der Waals surface area contributed by atoms with Crippen molar-refractivity contribution in [3.63, 3.8) is 0 Å². The van der Waals surface area contributed by atoms with Gasteiger partial charge in [-0.3, -0.25) is 4.79 Å². The Kier molecular flexibility index (Phi) is 3.54. The molecule has 0 spiro atoms. The molecule has 0 bridgehead atoms. The van der Waals surface area contributed by atoms with E-state index in [0.29, 0.717) is 11.4 Å². The molecule has 0 aliphatic rings. The van der Waals surface area contributed by atoms with Crippen LogP contribution < -0.4 is 5.32 Å². The lowest BCUT2D eigenvalue weighted by molar-refractivity contribution is 0.102. The molecule has 0 atom stereocenters. The largest absolute Gasteiger partial charge is 0.319 e. The van der Waals surface area contributed by atoms with Crippen LogP contribution in [0.2, 0.25) is 0 Å². The van der Waals surface area contributed by atoms with Gasteiger partial charge in [0.05, 0.1) is 16.4 Å². The fourth-order valence-corrected chi connectivity index (χ4v) is 2.31. The van der Waals surface area contributed by atoms with E-state index < -0.39 is 0 Å². The fraction of sp³-hybridized carbons (Fsp3) is 0.182. The topological polar surface area (TPSA) is 54.9 Å². The molecule has 0 saturated carbocycles. The highest BCUT2D eigenvalue weighted by Crippen LogP contribution is 2.17. The van der Waals surface area contributed by atoms with Gasteiger partial charge in [0.15, 0.2) is 0 Å². The molecular formula is C11H10BrN3OS. The maximum atomic E-state index is 11.9. The molecule has 2 aromatic rings. The lowest BCUT2D eigenvalue weighted by Gasteiger charge is -2.06. The summed E-state index contributed by atoms with van der Waals surface area (Å²) in [5, 5.41) is 5.41. The van der Waals surface area contributed by atoms with Crippen LogP contribution in [0.15, 0.2) is 22.1 Å². The average Bonchev–Trinajstić information content (AvgIpc) is 2.69. The highest BCUT2D eigenvalue weighted by molar-refractivity contribution is 9.10. The number of hydrogen-bond donors (Lipinski definition) is 1. The van der Waals surface area contributed by atoms with Crippen LogP contribution in [0.1, 0.15) is 21.2 Å². The van der Waals surface area contributed by atoms with Gasteiger partial charge in [-0.1, -0.05) is 0 Å². The molecular weight excluding hydrogens is 302 g/mol. The van der Waals surface area contributed by atoms with Gasteiger partial charge >= 0.3 is 0 Å². The van der Waals surface area contributed by atoms with E-state index in [1.165, 1.54) is 11.3 Å². The molecule has 88 valence electrons. The molecule has 17 heavy (non-hydrogen) atoms. The third-order valence-electron chi connectivity index (χ3n) is 2.15. The molecule has 0 aliphatic heterocycles. The van der Waals surface area contributed by atoms with Crippen molar-refractivity contribution >= 4 is 38.9 Å². The number of thiazole rings is 1. The van der Waals surface area contributed by atoms with Gasteiger partial charge in [0.25, 0.3) is 5.91 Å². The lowest BCUT2D eigenvalue weighted by Crippen LogP contribution is -2.13. The summed E-state index contributed by atoms with van der Waals surface area (Å²) >= 11 is 4.73. The predicted molar refractivity (Wildman–Crippen MR) is 71.5 cm³/mol. The second-order valence-corrected chi connectivity index (χ2v) is 5.35. The summed E-state index contributed by atoms with van der Waals surface area (Å²) < 4.78 is 0.748. The molecule has 4 nitrogen and oxygen atoms in total. The summed E-state index contributed by atoms with van der Waals surface area (Å²) in [6.07, 6.45) is 0. The summed E-state index contributed by atoms with van der Waals surface area (Å²) in [7, 11) is 0. The van der Waals surface area contributed by atoms with Crippen LogP contribution >= 0.6 is 27.3 Å². The van der Waals surface area contributed by atoms with Crippen molar-refractivity contribution < 1.29 is 4.79 Å². The molecule has 0 aliphatic carbocycles. The standard InChI is InChI=1S/C11H10BrN3OS/c1-6-8(3-4-10(12)13-6)15-11(16)9-5-17-7(2)14-9/h3-5H,1-2H3,(H,15,16). The van der Waals surface area contributed by atoms with Crippen molar-refractivity contribution in [1.82, 2.24) is 9.97 Å². The zero-order valence-corrected chi connectivity index (χ0v) is 11.7. The Morgan fingerprint density at radius 1 is 1.35 bits per heavy atom. The maximum absolute atomic E-state index is 11.9. The molecule has 2 aromatic heterocycles. The smallest absolute Gasteiger partial charge is 0.275 e. The van der Waals surface area contributed by atoms with Gasteiger partial charge in [0.2, 0.25) is 0 Å². The number of halogens is 1. The molecule has 6 heteroatoms. The van der Waals surface area contributed by atoms with Crippen LogP contribution in [0.25, 0.3) is 0 Å². The Balaban J connectivity index is 2.18. The molecule has 2 heterocycles. The fourth-order valence-electron chi connectivity index (χ4n) is 1.32. The van der Waals surface area contributed by atoms with Crippen molar-refractivity contribution in [3.8, 4) is 0 Å². The number of rotatable bonds is 2. The molecule has 1 amide bonds. The Labute approximate surface area is 111 Å². The Morgan fingerprint density at radius 2 is 2.12 bits per heavy atom. The normalized spacial score (nSPS) is 10.3. The minimum atomic E-state index is -0.207. The minimum absolute atomic E-state index is 0.207. The predicted octanol–water partition coefficient (Wildman–Crippen LogP) is 3.17. The van der Waals surface area contributed by atoms with E-state index in [0.717, 1.165) is 15.3 Å². The summed E-state index contributed by atoms with van der Waals surface area (Å²) in [5.74, 6) is -0.207. The second-order valence-electron chi connectivity index (χ2n) is 3.47. The number of carbonyl (C=O) groups excluding carboxylic acids is 1. The molecule has 0 aromatic carbocycles. The van der Waals surface area contributed by atoms with Gasteiger partial charge in [-0.05, 0) is 41.9 Å². The number of pyridine rings is 1. The van der Waals surface area contributed by atoms with Crippen molar-refractivity contribution in [2.24, 2.45) is 0 Å². The zero-order chi connectivity index (χ0) is 12.4. The van der Waals surface area contributed by atoms with Crippen LogP contribution in [-0.4, -0.2) is 15.9 Å². The van der Waals surface area contributed by atoms with E-state index in [1.807, 2.05) is 19.9 Å². The van der Waals surface area contributed by atoms with Crippen LogP contribution in [0.5, 0.6) is 0 Å². The number of anilines is 1. The number of nitrogens with zero attached hydrogens (tertiary/aromatic N) is 2. The highest BCUT2D eigenvalue weighted by Gasteiger charge is 2.11. The monoisotopic (exact) mass is 311 g/mol. The van der Waals surface area contributed by atoms with Gasteiger partial charge in [0.1, 0.15) is 10.3 Å². The SMILES string of the molecule is Cc1nc(C(=O)Nc2ccc(Br)nc2C)cs1. The first-order valence-corrected chi connectivity index (χ1v) is 6.60. The van der Waals surface area contributed by atoms with Gasteiger partial charge in [-0.15, -0.1) is 11.3 Å². The van der Waals surface area contributed by atoms with Crippen LogP contribution in [0.3, 0.4) is 0 Å². The number of aryl methyl sites for hydroxylation is 2. The Bertz CT molecular complexity index is 568. The third kappa shape index (κ3) is 2.89. The van der Waals surface area contributed by atoms with Crippen molar-refractivity contribution in [1.29, 1.82) is 0 Å². The molecule has 0 fully saturated rings. The average molecular weight is 312 g/mol. The molecule has 0 radical (unpaired) electrons. The van der Waals surface area contributed by atoms with E-state index in [4.69, 9.17) is 0 Å². The first-order valence-electron chi connectivity index (χ1n) is 4.93. The minimum Gasteiger partial charge on any atom is -0.319 e. The van der Waals surface area contributed by atoms with Gasteiger partial charge in [-0.25, -0.2) is 9.97 Å². The summed E-state index contributed by atoms with van der Waals surface area (Å²) in [6, 6.07) is 3.60. The van der Waals surface area contributed by atoms with Crippen molar-refractivity contribution in [3.05, 3.63) is 38.5 Å². The van der Waals surface area contributed by atoms with Gasteiger partial charge in [-0.2, -0.15) is 0 Å². The van der Waals surface area contributed by atoms with E-state index in [-0.39, 0.29) is 5.91 Å². The van der Waals surface area contributed by atoms with E-state index in [1.54, 1.807) is 11.4 Å². The number of nitrogens with one attached hydrogen (secondary N) is 1. The first kappa shape index (κ1) is 12.2. The van der Waals surface area contributed by atoms with E-state index >= 15 is 0 Å². The van der Waals surface area contributed by atoms with E-state index in [2.05, 4.69) is 31.2 Å². The highest BCUT2D eigenvalue weighted by atomic mass is 79.9. The maximum Gasteiger partial charge on any atom is 0.275 e. The quantitative estimate of drug-likeness (QED) is 0.867. The first-order chi connectivity index (χ1) is 8.06. The number of hydrogen-bond acceptors (Lipinski definition) is 4. The summed E-state index contributed by atoms with van der Waals surface area (Å²) in [6.45, 7) is 3.71. The lowest BCUT2D eigenvalue weighted by atomic mass is 10.3. The number of aromatic nitrogens is 2. The molecule has 0 unspecified atom stereocenters. The molecule has 2 rings (SSSR count). The van der Waals surface area contributed by atoms with E-state index in [9.17, 15) is 4.79 Å². The summed E-state index contributed by atoms with van der Waals surface area (Å²) in [4.78, 5) is 20.2. The number of carbonyl (C=O) groups is 1. The van der Waals surface area contributed by atoms with Gasteiger partial charge in [0, 0.05) is 5.38 Å². The van der Waals surface area contributed by atoms with Crippen LogP contribution in [0.4, 0.5) is 5.69 Å². The Morgan fingerprint density at radius 3 is 2.71 bits per heavy atom. The molecule has 0 saturated heterocycles.